The molecule has 2 aromatic rings. The molecule has 1 saturated heterocycles. The standard InChI is InChI=1S/C20H23N3O/c24-20(19-14-18(19)16-6-2-1-3-7-16)23-12-10-22(11-13-23)15-17-8-4-5-9-21-17/h1-9,18-19H,10-15H2/t18-,19+/m0/s1. The van der Waals surface area contributed by atoms with Crippen molar-refractivity contribution < 1.29 is 4.79 Å². The summed E-state index contributed by atoms with van der Waals surface area (Å²) in [4.78, 5) is 21.5. The maximum Gasteiger partial charge on any atom is 0.226 e. The van der Waals surface area contributed by atoms with Crippen molar-refractivity contribution in [3.05, 3.63) is 66.0 Å². The van der Waals surface area contributed by atoms with Gasteiger partial charge in [-0.1, -0.05) is 36.4 Å². The van der Waals surface area contributed by atoms with Crippen LogP contribution < -0.4 is 0 Å². The molecule has 0 spiro atoms. The van der Waals surface area contributed by atoms with Crippen molar-refractivity contribution in [1.82, 2.24) is 14.8 Å². The number of piperazine rings is 1. The van der Waals surface area contributed by atoms with Gasteiger partial charge >= 0.3 is 0 Å². The first kappa shape index (κ1) is 15.3. The average Bonchev–Trinajstić information content (AvgIpc) is 3.44. The Morgan fingerprint density at radius 1 is 1.00 bits per heavy atom. The van der Waals surface area contributed by atoms with E-state index in [1.807, 2.05) is 24.4 Å². The van der Waals surface area contributed by atoms with Gasteiger partial charge in [-0.15, -0.1) is 0 Å². The van der Waals surface area contributed by atoms with Gasteiger partial charge in [0.1, 0.15) is 0 Å². The van der Waals surface area contributed by atoms with Crippen molar-refractivity contribution >= 4 is 5.91 Å². The van der Waals surface area contributed by atoms with E-state index in [0.29, 0.717) is 11.8 Å². The lowest BCUT2D eigenvalue weighted by atomic mass is 10.1. The summed E-state index contributed by atoms with van der Waals surface area (Å²) in [5.41, 5.74) is 2.41. The molecule has 124 valence electrons. The van der Waals surface area contributed by atoms with Crippen LogP contribution in [0.1, 0.15) is 23.6 Å². The summed E-state index contributed by atoms with van der Waals surface area (Å²) in [5.74, 6) is 0.987. The van der Waals surface area contributed by atoms with Gasteiger partial charge in [0, 0.05) is 44.8 Å². The zero-order chi connectivity index (χ0) is 16.4. The molecule has 2 atom stereocenters. The fourth-order valence-corrected chi connectivity index (χ4v) is 3.62. The number of amides is 1. The maximum atomic E-state index is 12.7. The minimum atomic E-state index is 0.203. The summed E-state index contributed by atoms with van der Waals surface area (Å²) >= 11 is 0. The normalized spacial score (nSPS) is 23.9. The second-order valence-electron chi connectivity index (χ2n) is 6.78. The van der Waals surface area contributed by atoms with Gasteiger partial charge in [0.2, 0.25) is 5.91 Å². The number of benzene rings is 1. The first-order valence-electron chi connectivity index (χ1n) is 8.77. The predicted octanol–water partition coefficient (Wildman–Crippen LogP) is 2.53. The average molecular weight is 321 g/mol. The van der Waals surface area contributed by atoms with Crippen molar-refractivity contribution in [3.63, 3.8) is 0 Å². The Labute approximate surface area is 143 Å². The third kappa shape index (κ3) is 3.34. The molecule has 1 aromatic heterocycles. The van der Waals surface area contributed by atoms with Gasteiger partial charge in [-0.25, -0.2) is 0 Å². The third-order valence-electron chi connectivity index (χ3n) is 5.13. The third-order valence-corrected chi connectivity index (χ3v) is 5.13. The molecule has 0 N–H and O–H groups in total. The molecule has 24 heavy (non-hydrogen) atoms. The second-order valence-corrected chi connectivity index (χ2v) is 6.78. The fraction of sp³-hybridized carbons (Fsp3) is 0.400. The van der Waals surface area contributed by atoms with Crippen LogP contribution in [0.3, 0.4) is 0 Å². The Morgan fingerprint density at radius 2 is 1.75 bits per heavy atom. The maximum absolute atomic E-state index is 12.7. The molecular weight excluding hydrogens is 298 g/mol. The number of carbonyl (C=O) groups excluding carboxylic acids is 1. The number of nitrogens with zero attached hydrogens (tertiary/aromatic N) is 3. The first-order valence-corrected chi connectivity index (χ1v) is 8.77. The predicted molar refractivity (Wildman–Crippen MR) is 93.4 cm³/mol. The Balaban J connectivity index is 1.28. The molecule has 4 nitrogen and oxygen atoms in total. The fourth-order valence-electron chi connectivity index (χ4n) is 3.62. The molecule has 4 heteroatoms. The Morgan fingerprint density at radius 3 is 2.46 bits per heavy atom. The summed E-state index contributed by atoms with van der Waals surface area (Å²) < 4.78 is 0. The minimum Gasteiger partial charge on any atom is -0.340 e. The van der Waals surface area contributed by atoms with Crippen LogP contribution in [0.2, 0.25) is 0 Å². The molecule has 2 aliphatic rings. The highest BCUT2D eigenvalue weighted by atomic mass is 16.2. The quantitative estimate of drug-likeness (QED) is 0.868. The highest BCUT2D eigenvalue weighted by Gasteiger charge is 2.45. The molecule has 0 bridgehead atoms. The minimum absolute atomic E-state index is 0.203. The number of pyridine rings is 1. The SMILES string of the molecule is O=C([C@@H]1C[C@H]1c1ccccc1)N1CCN(Cc2ccccn2)CC1. The van der Waals surface area contributed by atoms with E-state index < -0.39 is 0 Å². The number of aromatic nitrogens is 1. The van der Waals surface area contributed by atoms with Gasteiger partial charge < -0.3 is 4.90 Å². The van der Waals surface area contributed by atoms with E-state index in [1.54, 1.807) is 0 Å². The summed E-state index contributed by atoms with van der Waals surface area (Å²) in [6, 6.07) is 16.5. The van der Waals surface area contributed by atoms with Gasteiger partial charge in [-0.3, -0.25) is 14.7 Å². The first-order chi connectivity index (χ1) is 11.8. The van der Waals surface area contributed by atoms with Gasteiger partial charge in [0.25, 0.3) is 0 Å². The Hall–Kier alpha value is -2.20. The molecule has 1 aromatic carbocycles. The summed E-state index contributed by atoms with van der Waals surface area (Å²) in [6.45, 7) is 4.42. The molecule has 0 unspecified atom stereocenters. The van der Waals surface area contributed by atoms with Crippen LogP contribution in [0.15, 0.2) is 54.7 Å². The number of hydrogen-bond acceptors (Lipinski definition) is 3. The molecule has 0 radical (unpaired) electrons. The molecule has 2 heterocycles. The van der Waals surface area contributed by atoms with Gasteiger partial charge in [0.15, 0.2) is 0 Å². The summed E-state index contributed by atoms with van der Waals surface area (Å²) in [6.07, 6.45) is 2.85. The van der Waals surface area contributed by atoms with Crippen LogP contribution in [0, 0.1) is 5.92 Å². The lowest BCUT2D eigenvalue weighted by Gasteiger charge is -2.34. The molecule has 1 saturated carbocycles. The topological polar surface area (TPSA) is 36.4 Å². The highest BCUT2D eigenvalue weighted by molar-refractivity contribution is 5.83. The van der Waals surface area contributed by atoms with Crippen LogP contribution in [0.4, 0.5) is 0 Å². The summed E-state index contributed by atoms with van der Waals surface area (Å²) in [7, 11) is 0. The Kier molecular flexibility index (Phi) is 4.30. The van der Waals surface area contributed by atoms with E-state index in [9.17, 15) is 4.79 Å². The molecule has 1 aliphatic carbocycles. The number of carbonyl (C=O) groups is 1. The van der Waals surface area contributed by atoms with E-state index >= 15 is 0 Å². The van der Waals surface area contributed by atoms with Crippen LogP contribution in [-0.2, 0) is 11.3 Å². The van der Waals surface area contributed by atoms with Gasteiger partial charge in [-0.2, -0.15) is 0 Å². The van der Waals surface area contributed by atoms with E-state index in [4.69, 9.17) is 0 Å². The van der Waals surface area contributed by atoms with Crippen LogP contribution in [0.25, 0.3) is 0 Å². The zero-order valence-electron chi connectivity index (χ0n) is 13.8. The van der Waals surface area contributed by atoms with Gasteiger partial charge in [-0.05, 0) is 30.0 Å². The lowest BCUT2D eigenvalue weighted by molar-refractivity contribution is -0.134. The molecule has 4 rings (SSSR count). The molecule has 2 fully saturated rings. The van der Waals surface area contributed by atoms with Gasteiger partial charge in [0.05, 0.1) is 5.69 Å². The number of hydrogen-bond donors (Lipinski definition) is 0. The van der Waals surface area contributed by atoms with E-state index in [2.05, 4.69) is 45.1 Å². The molecule has 1 amide bonds. The van der Waals surface area contributed by atoms with Crippen molar-refractivity contribution in [2.45, 2.75) is 18.9 Å². The second kappa shape index (κ2) is 6.73. The van der Waals surface area contributed by atoms with E-state index in [-0.39, 0.29) is 5.92 Å². The van der Waals surface area contributed by atoms with E-state index in [1.165, 1.54) is 5.56 Å². The van der Waals surface area contributed by atoms with Crippen LogP contribution >= 0.6 is 0 Å². The molecule has 1 aliphatic heterocycles. The smallest absolute Gasteiger partial charge is 0.226 e. The summed E-state index contributed by atoms with van der Waals surface area (Å²) in [5, 5.41) is 0. The lowest BCUT2D eigenvalue weighted by Crippen LogP contribution is -2.48. The van der Waals surface area contributed by atoms with Crippen LogP contribution in [-0.4, -0.2) is 46.9 Å². The van der Waals surface area contributed by atoms with E-state index in [0.717, 1.165) is 44.8 Å². The number of rotatable bonds is 4. The van der Waals surface area contributed by atoms with Crippen molar-refractivity contribution in [1.29, 1.82) is 0 Å². The zero-order valence-corrected chi connectivity index (χ0v) is 13.8. The van der Waals surface area contributed by atoms with Crippen molar-refractivity contribution in [3.8, 4) is 0 Å². The largest absolute Gasteiger partial charge is 0.340 e. The van der Waals surface area contributed by atoms with Crippen molar-refractivity contribution in [2.24, 2.45) is 5.92 Å². The van der Waals surface area contributed by atoms with Crippen molar-refractivity contribution in [2.75, 3.05) is 26.2 Å². The monoisotopic (exact) mass is 321 g/mol. The Bertz CT molecular complexity index is 681. The van der Waals surface area contributed by atoms with Crippen LogP contribution in [0.5, 0.6) is 0 Å². The molecular formula is C20H23N3O. The highest BCUT2D eigenvalue weighted by Crippen LogP contribution is 2.48.